The van der Waals surface area contributed by atoms with Crippen molar-refractivity contribution in [3.8, 4) is 11.5 Å². The fourth-order valence-corrected chi connectivity index (χ4v) is 3.71. The molecule has 11 heteroatoms. The lowest BCUT2D eigenvalue weighted by atomic mass is 10.1. The number of nitrogens with one attached hydrogen (secondary N) is 1. The minimum absolute atomic E-state index is 0. The molecule has 6 nitrogen and oxygen atoms in total. The lowest BCUT2D eigenvalue weighted by Gasteiger charge is -2.08. The summed E-state index contributed by atoms with van der Waals surface area (Å²) in [4.78, 5) is 18.6. The number of nitrogens with zero attached hydrogens (tertiary/aromatic N) is 3. The van der Waals surface area contributed by atoms with Gasteiger partial charge in [-0.25, -0.2) is 9.67 Å². The molecule has 0 atom stereocenters. The smallest absolute Gasteiger partial charge is 0.417 e. The van der Waals surface area contributed by atoms with Crippen LogP contribution >= 0.6 is 11.3 Å². The van der Waals surface area contributed by atoms with Crippen LogP contribution in [0.15, 0.2) is 39.1 Å². The molecule has 0 aliphatic heterocycles. The van der Waals surface area contributed by atoms with Crippen LogP contribution in [0.3, 0.4) is 0 Å². The number of aryl methyl sites for hydroxylation is 3. The molecule has 1 N–H and O–H groups in total. The predicted molar refractivity (Wildman–Crippen MR) is 93.6 cm³/mol. The van der Waals surface area contributed by atoms with Crippen molar-refractivity contribution in [1.29, 1.82) is 0 Å². The molecule has 0 fully saturated rings. The molecule has 4 heterocycles. The van der Waals surface area contributed by atoms with Gasteiger partial charge >= 0.3 is 6.18 Å². The number of hydrogen-bond acceptors (Lipinski definition) is 5. The second-order valence-corrected chi connectivity index (χ2v) is 6.87. The van der Waals surface area contributed by atoms with Gasteiger partial charge in [0.05, 0.1) is 27.9 Å². The average Bonchev–Trinajstić information content (AvgIpc) is 3.31. The second-order valence-electron chi connectivity index (χ2n) is 5.93. The highest BCUT2D eigenvalue weighted by atomic mass is 79.9. The molecule has 0 spiro atoms. The first-order valence-corrected chi connectivity index (χ1v) is 8.87. The van der Waals surface area contributed by atoms with Gasteiger partial charge in [0, 0.05) is 24.4 Å². The number of pyridine rings is 1. The van der Waals surface area contributed by atoms with Crippen molar-refractivity contribution in [2.24, 2.45) is 0 Å². The van der Waals surface area contributed by atoms with Crippen LogP contribution in [0.2, 0.25) is 0 Å². The molecule has 0 amide bonds. The van der Waals surface area contributed by atoms with E-state index in [1.807, 2.05) is 5.38 Å². The fraction of sp³-hybridized carbons (Fsp3) is 0.235. The first-order valence-electron chi connectivity index (χ1n) is 7.99. The molecule has 0 aliphatic rings. The zero-order valence-electron chi connectivity index (χ0n) is 14.4. The summed E-state index contributed by atoms with van der Waals surface area (Å²) in [6.45, 7) is 1.78. The lowest BCUT2D eigenvalue weighted by molar-refractivity contribution is -0.136. The Bertz CT molecular complexity index is 1160. The van der Waals surface area contributed by atoms with Gasteiger partial charge in [-0.15, -0.1) is 11.3 Å². The summed E-state index contributed by atoms with van der Waals surface area (Å²) < 4.78 is 46.5. The monoisotopic (exact) mass is 473 g/mol. The van der Waals surface area contributed by atoms with E-state index >= 15 is 0 Å². The van der Waals surface area contributed by atoms with Crippen molar-refractivity contribution < 1.29 is 34.6 Å². The summed E-state index contributed by atoms with van der Waals surface area (Å²) >= 11 is 1.43. The Balaban J connectivity index is 0.00000225. The molecule has 0 radical (unpaired) electrons. The quantitative estimate of drug-likeness (QED) is 0.480. The lowest BCUT2D eigenvalue weighted by Crippen LogP contribution is -3.00. The van der Waals surface area contributed by atoms with E-state index in [1.165, 1.54) is 22.9 Å². The first-order chi connectivity index (χ1) is 12.8. The Labute approximate surface area is 170 Å². The number of thiazole rings is 1. The van der Waals surface area contributed by atoms with Crippen molar-refractivity contribution in [3.05, 3.63) is 56.5 Å². The molecule has 4 aromatic heterocycles. The van der Waals surface area contributed by atoms with E-state index in [-0.39, 0.29) is 40.3 Å². The predicted octanol–water partition coefficient (Wildman–Crippen LogP) is 1.02. The molecule has 148 valence electrons. The van der Waals surface area contributed by atoms with Crippen LogP contribution in [0, 0.1) is 6.92 Å². The third-order valence-corrected chi connectivity index (χ3v) is 4.99. The molecule has 0 saturated heterocycles. The van der Waals surface area contributed by atoms with Gasteiger partial charge in [0.1, 0.15) is 11.3 Å². The largest absolute Gasteiger partial charge is 1.00 e. The van der Waals surface area contributed by atoms with Crippen LogP contribution in [0.1, 0.15) is 16.3 Å². The number of hydrogen-bond donors (Lipinski definition) is 1. The highest BCUT2D eigenvalue weighted by Crippen LogP contribution is 2.34. The van der Waals surface area contributed by atoms with E-state index in [4.69, 9.17) is 4.42 Å². The molecule has 28 heavy (non-hydrogen) atoms. The van der Waals surface area contributed by atoms with Crippen molar-refractivity contribution >= 4 is 22.4 Å². The van der Waals surface area contributed by atoms with Crippen LogP contribution < -0.4 is 22.5 Å². The van der Waals surface area contributed by atoms with Crippen LogP contribution in [-0.4, -0.2) is 19.7 Å². The Morgan fingerprint density at radius 1 is 1.36 bits per heavy atom. The number of rotatable bonds is 4. The second kappa shape index (κ2) is 7.55. The van der Waals surface area contributed by atoms with Gasteiger partial charge in [-0.3, -0.25) is 4.79 Å². The third-order valence-electron chi connectivity index (χ3n) is 4.08. The zero-order chi connectivity index (χ0) is 19.2. The van der Waals surface area contributed by atoms with Gasteiger partial charge in [-0.05, 0) is 19.1 Å². The molecular weight excluding hydrogens is 461 g/mol. The summed E-state index contributed by atoms with van der Waals surface area (Å²) in [6, 6.07) is 4.13. The number of furan rings is 1. The minimum atomic E-state index is -4.63. The highest BCUT2D eigenvalue weighted by Gasteiger charge is 2.35. The van der Waals surface area contributed by atoms with Crippen molar-refractivity contribution in [2.45, 2.75) is 26.1 Å². The first kappa shape index (κ1) is 20.3. The molecule has 4 rings (SSSR count). The minimum Gasteiger partial charge on any atom is -1.00 e. The molecule has 0 saturated carbocycles. The van der Waals surface area contributed by atoms with Crippen LogP contribution in [0.5, 0.6) is 0 Å². The van der Waals surface area contributed by atoms with Gasteiger partial charge in [0.15, 0.2) is 5.76 Å². The molecule has 0 aliphatic carbocycles. The summed E-state index contributed by atoms with van der Waals surface area (Å²) in [7, 11) is 0. The topological polar surface area (TPSA) is 76.7 Å². The molecule has 0 unspecified atom stereocenters. The van der Waals surface area contributed by atoms with E-state index < -0.39 is 17.3 Å². The zero-order valence-corrected chi connectivity index (χ0v) is 16.8. The van der Waals surface area contributed by atoms with Crippen molar-refractivity contribution in [3.63, 3.8) is 0 Å². The number of halogens is 4. The van der Waals surface area contributed by atoms with E-state index in [0.29, 0.717) is 23.9 Å². The van der Waals surface area contributed by atoms with Gasteiger partial charge in [-0.2, -0.15) is 18.3 Å². The number of aromatic nitrogens is 4. The average molecular weight is 474 g/mol. The van der Waals surface area contributed by atoms with Crippen molar-refractivity contribution in [1.82, 2.24) is 19.7 Å². The SMILES string of the molecule is Cc1nn(CCc2nc(-c3ccco3)cs2)c2[nH]c(=O)cc(C(F)(F)F)c12.[Br-]. The summed E-state index contributed by atoms with van der Waals surface area (Å²) in [5.74, 6) is 0.650. The van der Waals surface area contributed by atoms with Crippen LogP contribution in [0.25, 0.3) is 22.5 Å². The van der Waals surface area contributed by atoms with E-state index in [0.717, 1.165) is 5.01 Å². The maximum atomic E-state index is 13.3. The molecular formula is C17H13BrF3N4O2S-. The van der Waals surface area contributed by atoms with E-state index in [9.17, 15) is 18.0 Å². The Kier molecular flexibility index (Phi) is 5.48. The maximum absolute atomic E-state index is 13.3. The van der Waals surface area contributed by atoms with Crippen LogP contribution in [-0.2, 0) is 19.1 Å². The van der Waals surface area contributed by atoms with Gasteiger partial charge in [-0.1, -0.05) is 0 Å². The summed E-state index contributed by atoms with van der Waals surface area (Å²) in [5.41, 5.74) is -0.807. The Morgan fingerprint density at radius 2 is 2.14 bits per heavy atom. The van der Waals surface area contributed by atoms with Gasteiger partial charge < -0.3 is 26.4 Å². The number of aromatic amines is 1. The van der Waals surface area contributed by atoms with Gasteiger partial charge in [0.25, 0.3) is 0 Å². The summed E-state index contributed by atoms with van der Waals surface area (Å²) in [6.07, 6.45) is -2.61. The van der Waals surface area contributed by atoms with E-state index in [2.05, 4.69) is 15.1 Å². The summed E-state index contributed by atoms with van der Waals surface area (Å²) in [5, 5.41) is 6.74. The Morgan fingerprint density at radius 3 is 2.82 bits per heavy atom. The third kappa shape index (κ3) is 3.76. The fourth-order valence-electron chi connectivity index (χ4n) is 2.94. The van der Waals surface area contributed by atoms with E-state index in [1.54, 1.807) is 18.4 Å². The van der Waals surface area contributed by atoms with Crippen LogP contribution in [0.4, 0.5) is 13.2 Å². The maximum Gasteiger partial charge on any atom is 0.417 e. The number of fused-ring (bicyclic) bond motifs is 1. The van der Waals surface area contributed by atoms with Crippen molar-refractivity contribution in [2.75, 3.05) is 0 Å². The highest BCUT2D eigenvalue weighted by molar-refractivity contribution is 7.09. The Hall–Kier alpha value is -2.40. The normalized spacial score (nSPS) is 11.7. The standard InChI is InChI=1S/C17H13F3N4O2S.BrH/c1-9-15-10(17(18,19)20)7-13(25)22-16(15)24(23-9)5-4-14-21-11(8-27-14)12-3-2-6-26-12;/h2-3,6-8H,4-5H2,1H3,(H,22,25);1H/p-1. The van der Waals surface area contributed by atoms with Gasteiger partial charge in [0.2, 0.25) is 5.56 Å². The molecule has 4 aromatic rings. The number of H-pyrrole nitrogens is 1. The molecule has 0 aromatic carbocycles. The number of alkyl halides is 3. The molecule has 0 bridgehead atoms.